The van der Waals surface area contributed by atoms with Crippen molar-refractivity contribution in [2.45, 2.75) is 42.4 Å². The van der Waals surface area contributed by atoms with Crippen molar-refractivity contribution in [3.05, 3.63) is 24.3 Å². The predicted octanol–water partition coefficient (Wildman–Crippen LogP) is 3.18. The maximum absolute atomic E-state index is 11.4. The Kier molecular flexibility index (Phi) is 4.79. The Bertz CT molecular complexity index is 511. The molecule has 1 N–H and O–H groups in total. The zero-order chi connectivity index (χ0) is 13.9. The molecule has 1 fully saturated rings. The zero-order valence-corrected chi connectivity index (χ0v) is 13.1. The number of nitrogens with one attached hydrogen (secondary N) is 1. The molecule has 3 nitrogen and oxygen atoms in total. The van der Waals surface area contributed by atoms with E-state index in [0.717, 1.165) is 11.4 Å². The number of thioether (sulfide) groups is 1. The van der Waals surface area contributed by atoms with Crippen LogP contribution >= 0.6 is 11.8 Å². The molecule has 0 bridgehead atoms. The topological polar surface area (TPSA) is 46.2 Å². The van der Waals surface area contributed by atoms with Crippen molar-refractivity contribution < 1.29 is 8.42 Å². The summed E-state index contributed by atoms with van der Waals surface area (Å²) in [5.74, 6) is 1.15. The van der Waals surface area contributed by atoms with Gasteiger partial charge in [-0.05, 0) is 42.9 Å². The summed E-state index contributed by atoms with van der Waals surface area (Å²) in [6, 6.07) is 7.59. The minimum atomic E-state index is -3.10. The first-order chi connectivity index (χ1) is 9.00. The van der Waals surface area contributed by atoms with Gasteiger partial charge in [-0.1, -0.05) is 13.3 Å². The number of hydrogen-bond acceptors (Lipinski definition) is 4. The average Bonchev–Trinajstić information content (AvgIpc) is 2.77. The van der Waals surface area contributed by atoms with E-state index in [0.29, 0.717) is 16.2 Å². The molecule has 0 spiro atoms. The third-order valence-corrected chi connectivity index (χ3v) is 5.92. The van der Waals surface area contributed by atoms with Gasteiger partial charge in [-0.25, -0.2) is 8.42 Å². The highest BCUT2D eigenvalue weighted by atomic mass is 32.2. The normalized spacial score (nSPS) is 23.5. The quantitative estimate of drug-likeness (QED) is 0.907. The van der Waals surface area contributed by atoms with Crippen LogP contribution in [0.25, 0.3) is 0 Å². The second kappa shape index (κ2) is 6.18. The van der Waals surface area contributed by atoms with Crippen molar-refractivity contribution in [1.29, 1.82) is 0 Å². The van der Waals surface area contributed by atoms with Crippen molar-refractivity contribution >= 4 is 27.3 Å². The SMILES string of the molecule is CCSC1CCCC1Nc1ccc(S(C)(=O)=O)cc1. The molecule has 0 heterocycles. The molecule has 0 aliphatic heterocycles. The van der Waals surface area contributed by atoms with Crippen LogP contribution < -0.4 is 5.32 Å². The lowest BCUT2D eigenvalue weighted by molar-refractivity contribution is 0.602. The summed E-state index contributed by atoms with van der Waals surface area (Å²) in [7, 11) is -3.10. The average molecular weight is 299 g/mol. The zero-order valence-electron chi connectivity index (χ0n) is 11.4. The highest BCUT2D eigenvalue weighted by Crippen LogP contribution is 2.32. The molecule has 106 valence electrons. The molecule has 1 aliphatic carbocycles. The standard InChI is InChI=1S/C14H21NO2S2/c1-3-18-14-6-4-5-13(14)15-11-7-9-12(10-8-11)19(2,16)17/h7-10,13-15H,3-6H2,1-2H3. The van der Waals surface area contributed by atoms with Gasteiger partial charge in [0.05, 0.1) is 4.90 Å². The van der Waals surface area contributed by atoms with Gasteiger partial charge in [0.1, 0.15) is 0 Å². The maximum Gasteiger partial charge on any atom is 0.175 e. The third-order valence-electron chi connectivity index (χ3n) is 3.47. The van der Waals surface area contributed by atoms with E-state index in [9.17, 15) is 8.42 Å². The summed E-state index contributed by atoms with van der Waals surface area (Å²) < 4.78 is 22.8. The molecule has 2 unspecified atom stereocenters. The second-order valence-corrected chi connectivity index (χ2v) is 8.50. The van der Waals surface area contributed by atoms with Crippen LogP contribution in [0, 0.1) is 0 Å². The lowest BCUT2D eigenvalue weighted by Crippen LogP contribution is -2.26. The van der Waals surface area contributed by atoms with Crippen LogP contribution in [0.2, 0.25) is 0 Å². The molecular formula is C14H21NO2S2. The highest BCUT2D eigenvalue weighted by Gasteiger charge is 2.26. The molecule has 1 aliphatic rings. The molecule has 0 saturated heterocycles. The van der Waals surface area contributed by atoms with E-state index in [-0.39, 0.29) is 0 Å². The first kappa shape index (κ1) is 14.7. The molecule has 19 heavy (non-hydrogen) atoms. The summed E-state index contributed by atoms with van der Waals surface area (Å²) in [5, 5.41) is 4.22. The lowest BCUT2D eigenvalue weighted by Gasteiger charge is -2.21. The molecule has 5 heteroatoms. The summed E-state index contributed by atoms with van der Waals surface area (Å²) in [6.07, 6.45) is 4.99. The van der Waals surface area contributed by atoms with E-state index in [1.54, 1.807) is 12.1 Å². The highest BCUT2D eigenvalue weighted by molar-refractivity contribution is 7.99. The molecule has 2 atom stereocenters. The van der Waals surface area contributed by atoms with Crippen molar-refractivity contribution in [1.82, 2.24) is 0 Å². The second-order valence-electron chi connectivity index (χ2n) is 4.97. The summed E-state index contributed by atoms with van der Waals surface area (Å²) in [4.78, 5) is 0.379. The fraction of sp³-hybridized carbons (Fsp3) is 0.571. The monoisotopic (exact) mass is 299 g/mol. The van der Waals surface area contributed by atoms with E-state index in [1.165, 1.54) is 25.5 Å². The fourth-order valence-electron chi connectivity index (χ4n) is 2.52. The van der Waals surface area contributed by atoms with E-state index in [4.69, 9.17) is 0 Å². The molecule has 1 aromatic carbocycles. The van der Waals surface area contributed by atoms with Crippen LogP contribution in [-0.2, 0) is 9.84 Å². The summed E-state index contributed by atoms with van der Waals surface area (Å²) in [5.41, 5.74) is 1.01. The molecule has 1 saturated carbocycles. The molecular weight excluding hydrogens is 278 g/mol. The number of rotatable bonds is 5. The Labute approximate surface area is 120 Å². The molecule has 0 amide bonds. The van der Waals surface area contributed by atoms with Crippen molar-refractivity contribution in [3.8, 4) is 0 Å². The smallest absolute Gasteiger partial charge is 0.175 e. The van der Waals surface area contributed by atoms with Crippen molar-refractivity contribution in [2.24, 2.45) is 0 Å². The van der Waals surface area contributed by atoms with Gasteiger partial charge in [-0.15, -0.1) is 0 Å². The van der Waals surface area contributed by atoms with Gasteiger partial charge in [0.2, 0.25) is 0 Å². The third kappa shape index (κ3) is 3.89. The predicted molar refractivity (Wildman–Crippen MR) is 82.7 cm³/mol. The van der Waals surface area contributed by atoms with Crippen LogP contribution in [0.15, 0.2) is 29.2 Å². The minimum absolute atomic E-state index is 0.379. The minimum Gasteiger partial charge on any atom is -0.381 e. The van der Waals surface area contributed by atoms with Crippen molar-refractivity contribution in [3.63, 3.8) is 0 Å². The van der Waals surface area contributed by atoms with Crippen LogP contribution in [0.4, 0.5) is 5.69 Å². The van der Waals surface area contributed by atoms with Crippen LogP contribution in [0.1, 0.15) is 26.2 Å². The van der Waals surface area contributed by atoms with Gasteiger partial charge in [0.25, 0.3) is 0 Å². The molecule has 0 aromatic heterocycles. The van der Waals surface area contributed by atoms with E-state index in [2.05, 4.69) is 12.2 Å². The molecule has 0 radical (unpaired) electrons. The number of anilines is 1. The molecule has 2 rings (SSSR count). The van der Waals surface area contributed by atoms with E-state index < -0.39 is 9.84 Å². The number of hydrogen-bond donors (Lipinski definition) is 1. The molecule has 1 aromatic rings. The van der Waals surface area contributed by atoms with Gasteiger partial charge < -0.3 is 5.32 Å². The van der Waals surface area contributed by atoms with Gasteiger partial charge in [-0.3, -0.25) is 0 Å². The fourth-order valence-corrected chi connectivity index (χ4v) is 4.35. The van der Waals surface area contributed by atoms with Crippen LogP contribution in [-0.4, -0.2) is 31.7 Å². The Morgan fingerprint density at radius 1 is 1.26 bits per heavy atom. The summed E-state index contributed by atoms with van der Waals surface area (Å²) >= 11 is 2.02. The van der Waals surface area contributed by atoms with Gasteiger partial charge in [0.15, 0.2) is 9.84 Å². The maximum atomic E-state index is 11.4. The van der Waals surface area contributed by atoms with Crippen molar-refractivity contribution in [2.75, 3.05) is 17.3 Å². The van der Waals surface area contributed by atoms with Gasteiger partial charge in [-0.2, -0.15) is 11.8 Å². The lowest BCUT2D eigenvalue weighted by atomic mass is 10.2. The Morgan fingerprint density at radius 2 is 1.95 bits per heavy atom. The Balaban J connectivity index is 2.03. The van der Waals surface area contributed by atoms with E-state index in [1.807, 2.05) is 23.9 Å². The van der Waals surface area contributed by atoms with Crippen LogP contribution in [0.5, 0.6) is 0 Å². The summed E-state index contributed by atoms with van der Waals surface area (Å²) in [6.45, 7) is 2.20. The number of benzene rings is 1. The number of sulfone groups is 1. The largest absolute Gasteiger partial charge is 0.381 e. The Hall–Kier alpha value is -0.680. The van der Waals surface area contributed by atoms with E-state index >= 15 is 0 Å². The first-order valence-corrected chi connectivity index (χ1v) is 9.63. The van der Waals surface area contributed by atoms with Gasteiger partial charge in [0, 0.05) is 23.2 Å². The van der Waals surface area contributed by atoms with Gasteiger partial charge >= 0.3 is 0 Å². The Morgan fingerprint density at radius 3 is 2.53 bits per heavy atom. The first-order valence-electron chi connectivity index (χ1n) is 6.69. The van der Waals surface area contributed by atoms with Crippen LogP contribution in [0.3, 0.4) is 0 Å².